The zero-order chi connectivity index (χ0) is 34.8. The summed E-state index contributed by atoms with van der Waals surface area (Å²) in [5.74, 6) is -2.84. The molecule has 4 rings (SSSR count). The smallest absolute Gasteiger partial charge is 0.354 e. The number of para-hydroxylation sites is 1. The number of methoxy groups -OCH3 is 1. The first-order chi connectivity index (χ1) is 23.0. The number of hydrogen-bond acceptors (Lipinski definition) is 9. The lowest BCUT2D eigenvalue weighted by Gasteiger charge is -2.27. The zero-order valence-corrected chi connectivity index (χ0v) is 28.1. The predicted octanol–water partition coefficient (Wildman–Crippen LogP) is 3.41. The SMILES string of the molecule is COC(=O)[C@H](Cc1ccc(O)cc1)NC(=O)[C@@H](NC(=O)[C@H](Cc1ccccc1)NC(=O)COc1c(Br)c(=O)oc2ccccc12)C(C)C. The number of rotatable bonds is 14. The molecule has 3 amide bonds. The summed E-state index contributed by atoms with van der Waals surface area (Å²) in [7, 11) is 1.20. The van der Waals surface area contributed by atoms with E-state index in [-0.39, 0.29) is 34.4 Å². The van der Waals surface area contributed by atoms with E-state index in [1.54, 1.807) is 74.5 Å². The minimum Gasteiger partial charge on any atom is -0.508 e. The van der Waals surface area contributed by atoms with Gasteiger partial charge in [-0.25, -0.2) is 9.59 Å². The maximum Gasteiger partial charge on any atom is 0.354 e. The lowest BCUT2D eigenvalue weighted by atomic mass is 9.99. The van der Waals surface area contributed by atoms with E-state index < -0.39 is 60.0 Å². The Balaban J connectivity index is 1.50. The van der Waals surface area contributed by atoms with Crippen molar-refractivity contribution in [3.05, 3.63) is 105 Å². The molecule has 48 heavy (non-hydrogen) atoms. The van der Waals surface area contributed by atoms with Gasteiger partial charge in [-0.2, -0.15) is 0 Å². The van der Waals surface area contributed by atoms with Gasteiger partial charge in [0.05, 0.1) is 12.5 Å². The predicted molar refractivity (Wildman–Crippen MR) is 180 cm³/mol. The number of hydrogen-bond donors (Lipinski definition) is 4. The van der Waals surface area contributed by atoms with Gasteiger partial charge in [-0.1, -0.05) is 68.4 Å². The molecule has 1 heterocycles. The Bertz CT molecular complexity index is 1810. The number of benzene rings is 3. The Labute approximate surface area is 284 Å². The molecule has 13 heteroatoms. The summed E-state index contributed by atoms with van der Waals surface area (Å²) in [4.78, 5) is 65.3. The highest BCUT2D eigenvalue weighted by Crippen LogP contribution is 2.30. The molecule has 0 aliphatic carbocycles. The summed E-state index contributed by atoms with van der Waals surface area (Å²) in [6.07, 6.45) is 0.178. The van der Waals surface area contributed by atoms with Crippen LogP contribution in [0.3, 0.4) is 0 Å². The van der Waals surface area contributed by atoms with Crippen LogP contribution in [0, 0.1) is 5.92 Å². The number of ether oxygens (including phenoxy) is 2. The molecule has 4 aromatic rings. The second-order valence-corrected chi connectivity index (χ2v) is 12.1. The molecular formula is C35H36BrN3O9. The number of phenolic OH excluding ortho intramolecular Hbond substituents is 1. The highest BCUT2D eigenvalue weighted by atomic mass is 79.9. The van der Waals surface area contributed by atoms with Crippen LogP contribution >= 0.6 is 15.9 Å². The fraction of sp³-hybridized carbons (Fsp3) is 0.286. The first kappa shape index (κ1) is 35.7. The molecule has 0 radical (unpaired) electrons. The van der Waals surface area contributed by atoms with Gasteiger partial charge < -0.3 is 34.9 Å². The average Bonchev–Trinajstić information content (AvgIpc) is 3.07. The lowest BCUT2D eigenvalue weighted by molar-refractivity contribution is -0.145. The summed E-state index contributed by atoms with van der Waals surface area (Å²) in [5, 5.41) is 18.2. The van der Waals surface area contributed by atoms with E-state index in [0.717, 1.165) is 5.56 Å². The van der Waals surface area contributed by atoms with Crippen LogP contribution in [0.5, 0.6) is 11.5 Å². The molecular weight excluding hydrogens is 686 g/mol. The van der Waals surface area contributed by atoms with E-state index in [0.29, 0.717) is 10.9 Å². The normalized spacial score (nSPS) is 12.9. The number of nitrogens with one attached hydrogen (secondary N) is 3. The van der Waals surface area contributed by atoms with Crippen molar-refractivity contribution >= 4 is 50.6 Å². The van der Waals surface area contributed by atoms with Crippen molar-refractivity contribution < 1.29 is 38.2 Å². The van der Waals surface area contributed by atoms with Gasteiger partial charge in [0, 0.05) is 12.8 Å². The van der Waals surface area contributed by atoms with Crippen molar-refractivity contribution in [1.82, 2.24) is 16.0 Å². The summed E-state index contributed by atoms with van der Waals surface area (Å²) in [6, 6.07) is 18.6. The molecule has 0 fully saturated rings. The number of amides is 3. The maximum atomic E-state index is 13.7. The fourth-order valence-corrected chi connectivity index (χ4v) is 5.34. The minimum absolute atomic E-state index is 0.00837. The fourth-order valence-electron chi connectivity index (χ4n) is 4.93. The standard InChI is InChI=1S/C35H36BrN3O9/c1-20(2)30(33(43)38-26(34(44)46-3)18-22-13-15-23(40)16-14-22)39-32(42)25(17-21-9-5-4-6-10-21)37-28(41)19-47-31-24-11-7-8-12-27(24)48-35(45)29(31)36/h4-16,20,25-26,30,40H,17-19H2,1-3H3,(H,37,41)(H,38,43)(H,39,42)/t25-,26-,30-/m0/s1. The molecule has 0 aliphatic rings. The Morgan fingerprint density at radius 3 is 2.10 bits per heavy atom. The molecule has 4 N–H and O–H groups in total. The first-order valence-corrected chi connectivity index (χ1v) is 15.9. The van der Waals surface area contributed by atoms with Crippen molar-refractivity contribution in [2.24, 2.45) is 5.92 Å². The van der Waals surface area contributed by atoms with Crippen LogP contribution in [0.2, 0.25) is 0 Å². The number of carbonyl (C=O) groups excluding carboxylic acids is 4. The zero-order valence-electron chi connectivity index (χ0n) is 26.5. The highest BCUT2D eigenvalue weighted by Gasteiger charge is 2.32. The van der Waals surface area contributed by atoms with Crippen LogP contribution in [0.15, 0.2) is 92.5 Å². The number of fused-ring (bicyclic) bond motifs is 1. The van der Waals surface area contributed by atoms with E-state index in [1.807, 2.05) is 6.07 Å². The summed E-state index contributed by atoms with van der Waals surface area (Å²) < 4.78 is 15.9. The molecule has 12 nitrogen and oxygen atoms in total. The summed E-state index contributed by atoms with van der Waals surface area (Å²) >= 11 is 3.17. The Morgan fingerprint density at radius 1 is 0.812 bits per heavy atom. The molecule has 252 valence electrons. The number of halogens is 1. The monoisotopic (exact) mass is 721 g/mol. The molecule has 3 aromatic carbocycles. The number of aromatic hydroxyl groups is 1. The second-order valence-electron chi connectivity index (χ2n) is 11.3. The van der Waals surface area contributed by atoms with Crippen molar-refractivity contribution in [3.63, 3.8) is 0 Å². The van der Waals surface area contributed by atoms with Crippen molar-refractivity contribution in [2.75, 3.05) is 13.7 Å². The average molecular weight is 723 g/mol. The van der Waals surface area contributed by atoms with Gasteiger partial charge >= 0.3 is 11.6 Å². The van der Waals surface area contributed by atoms with Crippen LogP contribution < -0.4 is 26.3 Å². The molecule has 0 aliphatic heterocycles. The van der Waals surface area contributed by atoms with Crippen LogP contribution in [-0.2, 0) is 36.8 Å². The number of esters is 1. The Morgan fingerprint density at radius 2 is 1.44 bits per heavy atom. The van der Waals surface area contributed by atoms with E-state index in [9.17, 15) is 29.1 Å². The van der Waals surface area contributed by atoms with Gasteiger partial charge in [0.1, 0.15) is 33.9 Å². The molecule has 0 spiro atoms. The maximum absolute atomic E-state index is 13.7. The third-order valence-electron chi connectivity index (χ3n) is 7.42. The van der Waals surface area contributed by atoms with Crippen LogP contribution in [0.4, 0.5) is 0 Å². The van der Waals surface area contributed by atoms with Gasteiger partial charge in [-0.15, -0.1) is 0 Å². The van der Waals surface area contributed by atoms with E-state index in [4.69, 9.17) is 13.9 Å². The third kappa shape index (κ3) is 9.44. The van der Waals surface area contributed by atoms with Crippen molar-refractivity contribution in [2.45, 2.75) is 44.8 Å². The molecule has 3 atom stereocenters. The minimum atomic E-state index is -1.12. The Kier molecular flexibility index (Phi) is 12.3. The summed E-state index contributed by atoms with van der Waals surface area (Å²) in [5.41, 5.74) is 1.01. The Hall–Kier alpha value is -5.17. The molecule has 0 saturated heterocycles. The number of phenols is 1. The van der Waals surface area contributed by atoms with Crippen molar-refractivity contribution in [3.8, 4) is 11.5 Å². The van der Waals surface area contributed by atoms with Gasteiger partial charge in [0.15, 0.2) is 12.4 Å². The number of carbonyl (C=O) groups is 4. The molecule has 0 unspecified atom stereocenters. The summed E-state index contributed by atoms with van der Waals surface area (Å²) in [6.45, 7) is 2.93. The largest absolute Gasteiger partial charge is 0.508 e. The van der Waals surface area contributed by atoms with Crippen LogP contribution in [0.1, 0.15) is 25.0 Å². The molecule has 1 aromatic heterocycles. The highest BCUT2D eigenvalue weighted by molar-refractivity contribution is 9.10. The lowest BCUT2D eigenvalue weighted by Crippen LogP contribution is -2.58. The van der Waals surface area contributed by atoms with Gasteiger partial charge in [0.2, 0.25) is 11.8 Å². The van der Waals surface area contributed by atoms with Gasteiger partial charge in [-0.05, 0) is 57.2 Å². The first-order valence-electron chi connectivity index (χ1n) is 15.1. The molecule has 0 saturated carbocycles. The second kappa shape index (κ2) is 16.6. The van der Waals surface area contributed by atoms with Gasteiger partial charge in [-0.3, -0.25) is 14.4 Å². The quantitative estimate of drug-likeness (QED) is 0.112. The molecule has 0 bridgehead atoms. The van der Waals surface area contributed by atoms with Crippen LogP contribution in [-0.4, -0.2) is 60.6 Å². The van der Waals surface area contributed by atoms with E-state index in [1.165, 1.54) is 19.2 Å². The topological polar surface area (TPSA) is 173 Å². The van der Waals surface area contributed by atoms with Gasteiger partial charge in [0.25, 0.3) is 5.91 Å². The third-order valence-corrected chi connectivity index (χ3v) is 8.10. The van der Waals surface area contributed by atoms with E-state index in [2.05, 4.69) is 31.9 Å². The van der Waals surface area contributed by atoms with E-state index >= 15 is 0 Å². The van der Waals surface area contributed by atoms with Crippen LogP contribution in [0.25, 0.3) is 11.0 Å². The van der Waals surface area contributed by atoms with Crippen molar-refractivity contribution in [1.29, 1.82) is 0 Å².